The molecule has 0 unspecified atom stereocenters. The number of carbonyl (C=O) groups is 3. The van der Waals surface area contributed by atoms with Gasteiger partial charge in [0.15, 0.2) is 0 Å². The average molecular weight is 296 g/mol. The Hall–Kier alpha value is -2.77. The highest BCUT2D eigenvalue weighted by molar-refractivity contribution is 5.91. The maximum atomic E-state index is 10.8. The Balaban J connectivity index is 0.000000211. The molecule has 0 spiro atoms. The highest BCUT2D eigenvalue weighted by Gasteiger charge is 2.20. The van der Waals surface area contributed by atoms with Crippen molar-refractivity contribution in [1.29, 1.82) is 0 Å². The molecular formula is C13H16N2O6. The van der Waals surface area contributed by atoms with Crippen LogP contribution in [0.4, 0.5) is 0 Å². The van der Waals surface area contributed by atoms with Crippen molar-refractivity contribution in [1.82, 2.24) is 4.90 Å². The predicted molar refractivity (Wildman–Crippen MR) is 71.7 cm³/mol. The second kappa shape index (κ2) is 7.13. The number of primary amides is 1. The lowest BCUT2D eigenvalue weighted by molar-refractivity contribution is -0.132. The number of carboxylic acid groups (broad SMARTS) is 1. The van der Waals surface area contributed by atoms with Crippen molar-refractivity contribution in [2.45, 2.75) is 12.8 Å². The number of aromatic carboxylic acids is 1. The summed E-state index contributed by atoms with van der Waals surface area (Å²) >= 11 is 0. The smallest absolute Gasteiger partial charge is 0.339 e. The Labute approximate surface area is 120 Å². The molecule has 1 aliphatic rings. The number of nitrogens with zero attached hydrogens (tertiary/aromatic N) is 1. The fraction of sp³-hybridized carbons (Fsp3) is 0.308. The number of hydrogen-bond acceptors (Lipinski definition) is 5. The number of benzene rings is 1. The van der Waals surface area contributed by atoms with Crippen molar-refractivity contribution in [3.63, 3.8) is 0 Å². The van der Waals surface area contributed by atoms with Gasteiger partial charge in [0, 0.05) is 13.0 Å². The molecule has 1 fully saturated rings. The molecule has 0 aromatic heterocycles. The number of phenolic OH excluding ortho intramolecular Hbond substituents is 1. The molecular weight excluding hydrogens is 280 g/mol. The number of rotatable bonds is 3. The average Bonchev–Trinajstić information content (AvgIpc) is 2.78. The van der Waals surface area contributed by atoms with Gasteiger partial charge in [0.1, 0.15) is 17.1 Å². The SMILES string of the molecule is NC(=O)CN1CCCC1=O.O=C(O)c1cc(O)ccc1O. The van der Waals surface area contributed by atoms with Crippen molar-refractivity contribution < 1.29 is 29.7 Å². The fourth-order valence-electron chi connectivity index (χ4n) is 1.75. The molecule has 8 nitrogen and oxygen atoms in total. The van der Waals surface area contributed by atoms with E-state index in [-0.39, 0.29) is 29.5 Å². The molecule has 1 heterocycles. The number of carbonyl (C=O) groups excluding carboxylic acids is 2. The van der Waals surface area contributed by atoms with E-state index < -0.39 is 11.9 Å². The van der Waals surface area contributed by atoms with Crippen LogP contribution in [0, 0.1) is 0 Å². The first-order valence-corrected chi connectivity index (χ1v) is 6.12. The molecule has 0 radical (unpaired) electrons. The van der Waals surface area contributed by atoms with Gasteiger partial charge in [-0.2, -0.15) is 0 Å². The lowest BCUT2D eigenvalue weighted by Gasteiger charge is -2.11. The minimum Gasteiger partial charge on any atom is -0.508 e. The third kappa shape index (κ3) is 5.01. The summed E-state index contributed by atoms with van der Waals surface area (Å²) in [5.74, 6) is -2.19. The van der Waals surface area contributed by atoms with Crippen molar-refractivity contribution in [2.24, 2.45) is 5.73 Å². The summed E-state index contributed by atoms with van der Waals surface area (Å²) in [6.07, 6.45) is 1.42. The van der Waals surface area contributed by atoms with Crippen molar-refractivity contribution in [3.05, 3.63) is 23.8 Å². The van der Waals surface area contributed by atoms with Crippen LogP contribution in [0.2, 0.25) is 0 Å². The van der Waals surface area contributed by atoms with E-state index in [1.807, 2.05) is 0 Å². The Morgan fingerprint density at radius 3 is 2.38 bits per heavy atom. The molecule has 1 aromatic rings. The minimum absolute atomic E-state index is 0.0406. The van der Waals surface area contributed by atoms with Crippen LogP contribution in [-0.2, 0) is 9.59 Å². The molecule has 2 amide bonds. The van der Waals surface area contributed by atoms with E-state index in [4.69, 9.17) is 21.1 Å². The molecule has 1 aliphatic heterocycles. The summed E-state index contributed by atoms with van der Waals surface area (Å²) in [5.41, 5.74) is 4.60. The largest absolute Gasteiger partial charge is 0.508 e. The van der Waals surface area contributed by atoms with Gasteiger partial charge in [0.05, 0.1) is 6.54 Å². The van der Waals surface area contributed by atoms with Crippen molar-refractivity contribution in [2.75, 3.05) is 13.1 Å². The van der Waals surface area contributed by atoms with Crippen molar-refractivity contribution >= 4 is 17.8 Å². The summed E-state index contributed by atoms with van der Waals surface area (Å²) in [4.78, 5) is 32.9. The third-order valence-corrected chi connectivity index (χ3v) is 2.73. The molecule has 1 saturated heterocycles. The van der Waals surface area contributed by atoms with Crippen LogP contribution in [0.15, 0.2) is 18.2 Å². The number of likely N-dealkylation sites (tertiary alicyclic amines) is 1. The molecule has 1 aromatic carbocycles. The van der Waals surface area contributed by atoms with E-state index in [0.29, 0.717) is 13.0 Å². The number of hydrogen-bond donors (Lipinski definition) is 4. The van der Waals surface area contributed by atoms with E-state index in [2.05, 4.69) is 0 Å². The molecule has 0 saturated carbocycles. The van der Waals surface area contributed by atoms with Gasteiger partial charge in [-0.25, -0.2) is 4.79 Å². The predicted octanol–water partition coefficient (Wildman–Crippen LogP) is -0.110. The van der Waals surface area contributed by atoms with Crippen LogP contribution in [0.25, 0.3) is 0 Å². The minimum atomic E-state index is -1.27. The quantitative estimate of drug-likeness (QED) is 0.573. The van der Waals surface area contributed by atoms with Crippen LogP contribution < -0.4 is 5.73 Å². The van der Waals surface area contributed by atoms with Gasteiger partial charge in [0.25, 0.3) is 0 Å². The molecule has 114 valence electrons. The second-order valence-corrected chi connectivity index (χ2v) is 4.39. The zero-order valence-corrected chi connectivity index (χ0v) is 11.2. The van der Waals surface area contributed by atoms with E-state index in [9.17, 15) is 14.4 Å². The maximum Gasteiger partial charge on any atom is 0.339 e. The van der Waals surface area contributed by atoms with Crippen LogP contribution in [0.5, 0.6) is 11.5 Å². The second-order valence-electron chi connectivity index (χ2n) is 4.39. The summed E-state index contributed by atoms with van der Waals surface area (Å²) < 4.78 is 0. The number of amides is 2. The van der Waals surface area contributed by atoms with Gasteiger partial charge < -0.3 is 26.0 Å². The van der Waals surface area contributed by atoms with E-state index in [0.717, 1.165) is 18.6 Å². The monoisotopic (exact) mass is 296 g/mol. The normalized spacial score (nSPS) is 13.5. The molecule has 5 N–H and O–H groups in total. The number of phenols is 2. The summed E-state index contributed by atoms with van der Waals surface area (Å²) in [5, 5.41) is 26.1. The van der Waals surface area contributed by atoms with Crippen molar-refractivity contribution in [3.8, 4) is 11.5 Å². The Morgan fingerprint density at radius 2 is 1.95 bits per heavy atom. The Bertz CT molecular complexity index is 558. The number of aromatic hydroxyl groups is 2. The van der Waals surface area contributed by atoms with Crippen LogP contribution in [-0.4, -0.2) is 51.1 Å². The first kappa shape index (κ1) is 16.3. The lowest BCUT2D eigenvalue weighted by atomic mass is 10.2. The summed E-state index contributed by atoms with van der Waals surface area (Å²) in [6, 6.07) is 3.32. The number of carboxylic acids is 1. The van der Waals surface area contributed by atoms with Crippen LogP contribution >= 0.6 is 0 Å². The molecule has 21 heavy (non-hydrogen) atoms. The lowest BCUT2D eigenvalue weighted by Crippen LogP contribution is -2.34. The van der Waals surface area contributed by atoms with Gasteiger partial charge in [0.2, 0.25) is 11.8 Å². The summed E-state index contributed by atoms with van der Waals surface area (Å²) in [6.45, 7) is 0.764. The highest BCUT2D eigenvalue weighted by Crippen LogP contribution is 2.21. The molecule has 8 heteroatoms. The molecule has 0 atom stereocenters. The van der Waals surface area contributed by atoms with E-state index in [1.165, 1.54) is 11.0 Å². The van der Waals surface area contributed by atoms with E-state index >= 15 is 0 Å². The highest BCUT2D eigenvalue weighted by atomic mass is 16.4. The zero-order chi connectivity index (χ0) is 16.0. The van der Waals surface area contributed by atoms with E-state index in [1.54, 1.807) is 0 Å². The standard InChI is InChI=1S/C7H6O4.C6H10N2O2/c8-4-1-2-6(9)5(3-4)7(10)11;7-5(9)4-8-3-1-2-6(8)10/h1-3,8-9H,(H,10,11);1-4H2,(H2,7,9). The molecule has 0 aliphatic carbocycles. The van der Waals surface area contributed by atoms with Gasteiger partial charge in [-0.05, 0) is 24.6 Å². The topological polar surface area (TPSA) is 141 Å². The van der Waals surface area contributed by atoms with Gasteiger partial charge in [-0.15, -0.1) is 0 Å². The Morgan fingerprint density at radius 1 is 1.29 bits per heavy atom. The first-order chi connectivity index (χ1) is 9.81. The third-order valence-electron chi connectivity index (χ3n) is 2.73. The fourth-order valence-corrected chi connectivity index (χ4v) is 1.75. The van der Waals surface area contributed by atoms with Crippen LogP contribution in [0.1, 0.15) is 23.2 Å². The molecule has 0 bridgehead atoms. The van der Waals surface area contributed by atoms with Crippen LogP contribution in [0.3, 0.4) is 0 Å². The Kier molecular flexibility index (Phi) is 5.53. The van der Waals surface area contributed by atoms with Gasteiger partial charge in [-0.3, -0.25) is 9.59 Å². The zero-order valence-electron chi connectivity index (χ0n) is 11.2. The van der Waals surface area contributed by atoms with Gasteiger partial charge >= 0.3 is 5.97 Å². The molecule has 2 rings (SSSR count). The summed E-state index contributed by atoms with van der Waals surface area (Å²) in [7, 11) is 0. The first-order valence-electron chi connectivity index (χ1n) is 6.12. The maximum absolute atomic E-state index is 10.8. The number of nitrogens with two attached hydrogens (primary N) is 1. The van der Waals surface area contributed by atoms with Gasteiger partial charge in [-0.1, -0.05) is 0 Å².